The average Bonchev–Trinajstić information content (AvgIpc) is 2.92. The van der Waals surface area contributed by atoms with Crippen LogP contribution >= 0.6 is 0 Å². The van der Waals surface area contributed by atoms with Crippen molar-refractivity contribution in [2.45, 2.75) is 13.5 Å². The lowest BCUT2D eigenvalue weighted by atomic mass is 10.1. The minimum absolute atomic E-state index is 0.0442. The number of nitrogens with zero attached hydrogens (tertiary/aromatic N) is 3. The highest BCUT2D eigenvalue weighted by Crippen LogP contribution is 2.31. The molecule has 1 saturated heterocycles. The van der Waals surface area contributed by atoms with Crippen molar-refractivity contribution in [3.05, 3.63) is 59.4 Å². The Morgan fingerprint density at radius 2 is 1.68 bits per heavy atom. The Hall–Kier alpha value is -3.70. The van der Waals surface area contributed by atoms with Gasteiger partial charge in [0.2, 0.25) is 5.95 Å². The first-order valence-electron chi connectivity index (χ1n) is 11.8. The number of hydrogen-bond donors (Lipinski definition) is 1. The maximum absolute atomic E-state index is 14.5. The normalized spacial score (nSPS) is 13.8. The number of nitrogens with one attached hydrogen (secondary N) is 1. The van der Waals surface area contributed by atoms with E-state index in [0.29, 0.717) is 29.7 Å². The summed E-state index contributed by atoms with van der Waals surface area (Å²) in [7, 11) is 2.91. The number of rotatable bonds is 11. The van der Waals surface area contributed by atoms with Crippen LogP contribution in [-0.4, -0.2) is 68.5 Å². The van der Waals surface area contributed by atoms with Crippen LogP contribution in [0.2, 0.25) is 0 Å². The molecule has 0 bridgehead atoms. The smallest absolute Gasteiger partial charge is 0.227 e. The lowest BCUT2D eigenvalue weighted by Crippen LogP contribution is -2.38. The van der Waals surface area contributed by atoms with Crippen LogP contribution in [-0.2, 0) is 11.3 Å². The molecular formula is C26H30F2N4O5. The number of aryl methyl sites for hydroxylation is 1. The lowest BCUT2D eigenvalue weighted by Gasteiger charge is -2.26. The third-order valence-corrected chi connectivity index (χ3v) is 5.86. The molecule has 2 heterocycles. The van der Waals surface area contributed by atoms with Crippen LogP contribution in [0.15, 0.2) is 36.7 Å². The van der Waals surface area contributed by atoms with E-state index in [0.717, 1.165) is 32.8 Å². The fraction of sp³-hybridized carbons (Fsp3) is 0.385. The van der Waals surface area contributed by atoms with Gasteiger partial charge in [-0.15, -0.1) is 0 Å². The number of methoxy groups -OCH3 is 2. The summed E-state index contributed by atoms with van der Waals surface area (Å²) in [6.45, 7) is 5.75. The number of hydrogen-bond acceptors (Lipinski definition) is 9. The van der Waals surface area contributed by atoms with Gasteiger partial charge >= 0.3 is 0 Å². The first-order valence-corrected chi connectivity index (χ1v) is 11.8. The van der Waals surface area contributed by atoms with Gasteiger partial charge in [0.05, 0.1) is 45.4 Å². The molecule has 9 nitrogen and oxygen atoms in total. The summed E-state index contributed by atoms with van der Waals surface area (Å²) in [6.07, 6.45) is 2.84. The van der Waals surface area contributed by atoms with E-state index in [1.165, 1.54) is 32.5 Å². The van der Waals surface area contributed by atoms with Gasteiger partial charge in [-0.05, 0) is 30.7 Å². The molecule has 1 aliphatic rings. The van der Waals surface area contributed by atoms with Crippen LogP contribution < -0.4 is 24.3 Å². The Morgan fingerprint density at radius 3 is 2.38 bits per heavy atom. The Labute approximate surface area is 214 Å². The second-order valence-electron chi connectivity index (χ2n) is 8.33. The van der Waals surface area contributed by atoms with E-state index < -0.39 is 11.6 Å². The largest absolute Gasteiger partial charge is 0.494 e. The molecule has 0 atom stereocenters. The van der Waals surface area contributed by atoms with Crippen LogP contribution in [0.5, 0.6) is 23.0 Å². The fourth-order valence-corrected chi connectivity index (χ4v) is 3.80. The van der Waals surface area contributed by atoms with E-state index in [1.807, 2.05) is 12.1 Å². The van der Waals surface area contributed by atoms with Gasteiger partial charge in [0, 0.05) is 31.4 Å². The first-order chi connectivity index (χ1) is 18.0. The molecule has 0 aliphatic carbocycles. The molecular weight excluding hydrogens is 486 g/mol. The van der Waals surface area contributed by atoms with Crippen LogP contribution in [0.25, 0.3) is 0 Å². The molecule has 2 aromatic carbocycles. The zero-order chi connectivity index (χ0) is 26.2. The quantitative estimate of drug-likeness (QED) is 0.405. The minimum Gasteiger partial charge on any atom is -0.494 e. The highest BCUT2D eigenvalue weighted by molar-refractivity contribution is 5.59. The van der Waals surface area contributed by atoms with Crippen LogP contribution in [0.1, 0.15) is 11.1 Å². The maximum atomic E-state index is 14.5. The molecule has 4 rings (SSSR count). The summed E-state index contributed by atoms with van der Waals surface area (Å²) in [5.74, 6) is 0.255. The van der Waals surface area contributed by atoms with Crippen LogP contribution in [0.4, 0.5) is 20.4 Å². The molecule has 1 aromatic heterocycles. The molecule has 0 spiro atoms. The Balaban J connectivity index is 1.36. The van der Waals surface area contributed by atoms with Crippen molar-refractivity contribution in [2.75, 3.05) is 59.0 Å². The second-order valence-corrected chi connectivity index (χ2v) is 8.33. The third-order valence-electron chi connectivity index (χ3n) is 5.86. The number of ether oxygens (including phenoxy) is 5. The van der Waals surface area contributed by atoms with Gasteiger partial charge in [-0.25, -0.2) is 18.7 Å². The molecule has 1 N–H and O–H groups in total. The van der Waals surface area contributed by atoms with Gasteiger partial charge in [-0.3, -0.25) is 4.90 Å². The standard InChI is InChI=1S/C26H30F2N4O5/c1-17-12-23(34-3)25(28)20(24(17)27)16-37-19-14-29-26(30-15-19)31-18-4-5-21(33-2)22(13-18)36-11-8-32-6-9-35-10-7-32/h4-5,12-15H,6-11,16H2,1-3H3,(H,29,30,31). The topological polar surface area (TPSA) is 87.2 Å². The highest BCUT2D eigenvalue weighted by atomic mass is 19.1. The summed E-state index contributed by atoms with van der Waals surface area (Å²) < 4.78 is 56.1. The number of anilines is 2. The van der Waals surface area contributed by atoms with E-state index in [1.54, 1.807) is 13.2 Å². The molecule has 0 amide bonds. The van der Waals surface area contributed by atoms with Gasteiger partial charge in [-0.1, -0.05) is 0 Å². The van der Waals surface area contributed by atoms with Crippen LogP contribution in [0.3, 0.4) is 0 Å². The van der Waals surface area contributed by atoms with Crippen molar-refractivity contribution in [1.29, 1.82) is 0 Å². The van der Waals surface area contributed by atoms with Gasteiger partial charge in [0.25, 0.3) is 0 Å². The van der Waals surface area contributed by atoms with Gasteiger partial charge in [-0.2, -0.15) is 0 Å². The number of halogens is 2. The molecule has 11 heteroatoms. The van der Waals surface area contributed by atoms with Gasteiger partial charge < -0.3 is 29.0 Å². The van der Waals surface area contributed by atoms with Crippen molar-refractivity contribution < 1.29 is 32.5 Å². The molecule has 37 heavy (non-hydrogen) atoms. The van der Waals surface area contributed by atoms with Gasteiger partial charge in [0.1, 0.15) is 19.0 Å². The van der Waals surface area contributed by atoms with Crippen molar-refractivity contribution in [3.63, 3.8) is 0 Å². The number of benzene rings is 2. The zero-order valence-electron chi connectivity index (χ0n) is 21.1. The minimum atomic E-state index is -0.799. The lowest BCUT2D eigenvalue weighted by molar-refractivity contribution is 0.0321. The summed E-state index contributed by atoms with van der Waals surface area (Å²) in [5, 5.41) is 3.10. The zero-order valence-corrected chi connectivity index (χ0v) is 21.1. The first kappa shape index (κ1) is 26.4. The summed E-state index contributed by atoms with van der Waals surface area (Å²) in [6, 6.07) is 6.72. The average molecular weight is 517 g/mol. The van der Waals surface area contributed by atoms with Crippen LogP contribution in [0, 0.1) is 18.6 Å². The van der Waals surface area contributed by atoms with Crippen molar-refractivity contribution in [3.8, 4) is 23.0 Å². The Morgan fingerprint density at radius 1 is 0.946 bits per heavy atom. The summed E-state index contributed by atoms with van der Waals surface area (Å²) in [4.78, 5) is 10.7. The molecule has 0 unspecified atom stereocenters. The number of morpholine rings is 1. The molecule has 1 aliphatic heterocycles. The van der Waals surface area contributed by atoms with Crippen molar-refractivity contribution >= 4 is 11.6 Å². The Kier molecular flexibility index (Phi) is 8.91. The van der Waals surface area contributed by atoms with E-state index in [2.05, 4.69) is 20.2 Å². The summed E-state index contributed by atoms with van der Waals surface area (Å²) >= 11 is 0. The van der Waals surface area contributed by atoms with E-state index >= 15 is 0 Å². The van der Waals surface area contributed by atoms with Crippen molar-refractivity contribution in [2.24, 2.45) is 0 Å². The monoisotopic (exact) mass is 516 g/mol. The molecule has 0 radical (unpaired) electrons. The molecule has 0 saturated carbocycles. The SMILES string of the molecule is COc1ccc(Nc2ncc(OCc3c(F)c(C)cc(OC)c3F)cn2)cc1OCCN1CCOCC1. The fourth-order valence-electron chi connectivity index (χ4n) is 3.80. The Bertz CT molecular complexity index is 1190. The van der Waals surface area contributed by atoms with Crippen molar-refractivity contribution in [1.82, 2.24) is 14.9 Å². The van der Waals surface area contributed by atoms with E-state index in [-0.39, 0.29) is 29.2 Å². The van der Waals surface area contributed by atoms with E-state index in [4.69, 9.17) is 23.7 Å². The molecule has 1 fully saturated rings. The van der Waals surface area contributed by atoms with Gasteiger partial charge in [0.15, 0.2) is 28.8 Å². The molecule has 198 valence electrons. The predicted octanol–water partition coefficient (Wildman–Crippen LogP) is 4.11. The number of aromatic nitrogens is 2. The summed E-state index contributed by atoms with van der Waals surface area (Å²) in [5.41, 5.74) is 0.738. The second kappa shape index (κ2) is 12.5. The van der Waals surface area contributed by atoms with E-state index in [9.17, 15) is 8.78 Å². The predicted molar refractivity (Wildman–Crippen MR) is 133 cm³/mol. The maximum Gasteiger partial charge on any atom is 0.227 e. The molecule has 3 aromatic rings. The highest BCUT2D eigenvalue weighted by Gasteiger charge is 2.18. The third kappa shape index (κ3) is 6.75.